The smallest absolute Gasteiger partial charge is 0.311 e. The van der Waals surface area contributed by atoms with Gasteiger partial charge in [-0.05, 0) is 55.0 Å². The van der Waals surface area contributed by atoms with Crippen molar-refractivity contribution in [2.45, 2.75) is 91.4 Å². The highest BCUT2D eigenvalue weighted by Gasteiger charge is 2.09. The number of aromatic nitrogens is 2. The van der Waals surface area contributed by atoms with E-state index in [1.165, 1.54) is 50.5 Å². The van der Waals surface area contributed by atoms with Crippen LogP contribution in [0, 0.1) is 5.92 Å². The molecule has 1 aromatic heterocycles. The van der Waals surface area contributed by atoms with Crippen LogP contribution in [-0.4, -0.2) is 15.9 Å². The number of rotatable bonds is 14. The van der Waals surface area contributed by atoms with Crippen molar-refractivity contribution in [2.24, 2.45) is 5.92 Å². The first-order chi connectivity index (χ1) is 14.6. The first kappa shape index (κ1) is 24.0. The van der Waals surface area contributed by atoms with E-state index in [4.69, 9.17) is 4.74 Å². The SMILES string of the molecule is CCCCCCCCCc1cnc(-c2ccc(OC(=O)CCC(C)CC)cc2)nc1. The fourth-order valence-corrected chi connectivity index (χ4v) is 3.34. The molecule has 1 atom stereocenters. The molecule has 0 saturated heterocycles. The van der Waals surface area contributed by atoms with Crippen molar-refractivity contribution >= 4 is 5.97 Å². The molecule has 0 bridgehead atoms. The van der Waals surface area contributed by atoms with Crippen LogP contribution in [0.3, 0.4) is 0 Å². The van der Waals surface area contributed by atoms with Gasteiger partial charge in [-0.15, -0.1) is 0 Å². The number of carbonyl (C=O) groups is 1. The maximum Gasteiger partial charge on any atom is 0.311 e. The summed E-state index contributed by atoms with van der Waals surface area (Å²) in [6.45, 7) is 6.55. The van der Waals surface area contributed by atoms with Crippen molar-refractivity contribution in [3.63, 3.8) is 0 Å². The summed E-state index contributed by atoms with van der Waals surface area (Å²) in [7, 11) is 0. The van der Waals surface area contributed by atoms with E-state index in [0.29, 0.717) is 23.9 Å². The van der Waals surface area contributed by atoms with E-state index in [9.17, 15) is 4.79 Å². The van der Waals surface area contributed by atoms with Crippen molar-refractivity contribution in [2.75, 3.05) is 0 Å². The highest BCUT2D eigenvalue weighted by atomic mass is 16.5. The number of benzene rings is 1. The first-order valence-corrected chi connectivity index (χ1v) is 11.7. The molecule has 0 spiro atoms. The molecule has 30 heavy (non-hydrogen) atoms. The summed E-state index contributed by atoms with van der Waals surface area (Å²) in [4.78, 5) is 21.0. The van der Waals surface area contributed by atoms with E-state index in [1.807, 2.05) is 36.7 Å². The van der Waals surface area contributed by atoms with Gasteiger partial charge in [-0.3, -0.25) is 4.79 Å². The van der Waals surface area contributed by atoms with Gasteiger partial charge in [0.2, 0.25) is 0 Å². The third-order valence-electron chi connectivity index (χ3n) is 5.66. The van der Waals surface area contributed by atoms with Crippen molar-refractivity contribution < 1.29 is 9.53 Å². The summed E-state index contributed by atoms with van der Waals surface area (Å²) >= 11 is 0. The number of carbonyl (C=O) groups excluding carboxylic acids is 1. The molecule has 0 aliphatic rings. The second-order valence-corrected chi connectivity index (χ2v) is 8.34. The van der Waals surface area contributed by atoms with Crippen LogP contribution < -0.4 is 4.74 Å². The first-order valence-electron chi connectivity index (χ1n) is 11.7. The molecule has 1 aromatic carbocycles. The molecule has 0 N–H and O–H groups in total. The molecule has 0 aliphatic carbocycles. The summed E-state index contributed by atoms with van der Waals surface area (Å²) in [6.07, 6.45) is 16.5. The maximum atomic E-state index is 12.0. The molecule has 2 aromatic rings. The number of ether oxygens (including phenoxy) is 1. The zero-order valence-corrected chi connectivity index (χ0v) is 19.0. The summed E-state index contributed by atoms with van der Waals surface area (Å²) in [5, 5.41) is 0. The molecule has 2 rings (SSSR count). The summed E-state index contributed by atoms with van der Waals surface area (Å²) < 4.78 is 5.43. The van der Waals surface area contributed by atoms with Crippen molar-refractivity contribution in [3.05, 3.63) is 42.2 Å². The van der Waals surface area contributed by atoms with Gasteiger partial charge >= 0.3 is 5.97 Å². The summed E-state index contributed by atoms with van der Waals surface area (Å²) in [5.74, 6) is 1.65. The Labute approximate surface area is 182 Å². The topological polar surface area (TPSA) is 52.1 Å². The molecule has 4 nitrogen and oxygen atoms in total. The molecule has 0 aliphatic heterocycles. The number of unbranched alkanes of at least 4 members (excludes halogenated alkanes) is 6. The lowest BCUT2D eigenvalue weighted by Crippen LogP contribution is -2.09. The van der Waals surface area contributed by atoms with E-state index in [-0.39, 0.29) is 5.97 Å². The van der Waals surface area contributed by atoms with Crippen LogP contribution in [0.15, 0.2) is 36.7 Å². The Balaban J connectivity index is 1.76. The van der Waals surface area contributed by atoms with Gasteiger partial charge in [-0.1, -0.05) is 65.7 Å². The van der Waals surface area contributed by atoms with Crippen LogP contribution in [0.25, 0.3) is 11.4 Å². The van der Waals surface area contributed by atoms with Crippen molar-refractivity contribution in [1.29, 1.82) is 0 Å². The molecular weight excluding hydrogens is 372 g/mol. The number of nitrogens with zero attached hydrogens (tertiary/aromatic N) is 2. The van der Waals surface area contributed by atoms with Crippen LogP contribution in [0.1, 0.15) is 90.5 Å². The van der Waals surface area contributed by atoms with Crippen LogP contribution in [0.5, 0.6) is 5.75 Å². The van der Waals surface area contributed by atoms with Gasteiger partial charge in [-0.25, -0.2) is 9.97 Å². The molecule has 0 fully saturated rings. The van der Waals surface area contributed by atoms with Gasteiger partial charge in [0, 0.05) is 24.4 Å². The highest BCUT2D eigenvalue weighted by Crippen LogP contribution is 2.20. The average molecular weight is 411 g/mol. The Morgan fingerprint density at radius 3 is 2.20 bits per heavy atom. The number of hydrogen-bond acceptors (Lipinski definition) is 4. The highest BCUT2D eigenvalue weighted by molar-refractivity contribution is 5.72. The predicted octanol–water partition coefficient (Wildman–Crippen LogP) is 7.17. The Kier molecular flexibility index (Phi) is 11.1. The van der Waals surface area contributed by atoms with E-state index in [0.717, 1.165) is 24.8 Å². The molecule has 1 heterocycles. The van der Waals surface area contributed by atoms with E-state index in [2.05, 4.69) is 30.7 Å². The second-order valence-electron chi connectivity index (χ2n) is 8.34. The molecule has 164 valence electrons. The molecule has 1 unspecified atom stereocenters. The quantitative estimate of drug-likeness (QED) is 0.188. The van der Waals surface area contributed by atoms with Gasteiger partial charge in [-0.2, -0.15) is 0 Å². The Hall–Kier alpha value is -2.23. The zero-order chi connectivity index (χ0) is 21.6. The van der Waals surface area contributed by atoms with Crippen LogP contribution >= 0.6 is 0 Å². The molecular formula is C26H38N2O2. The largest absolute Gasteiger partial charge is 0.427 e. The standard InChI is InChI=1S/C26H38N2O2/c1-4-6-7-8-9-10-11-12-22-19-27-26(28-20-22)23-14-16-24(17-15-23)30-25(29)18-13-21(3)5-2/h14-17,19-21H,4-13,18H2,1-3H3. The van der Waals surface area contributed by atoms with E-state index in [1.54, 1.807) is 0 Å². The molecule has 0 radical (unpaired) electrons. The Bertz CT molecular complexity index is 726. The minimum absolute atomic E-state index is 0.172. The molecule has 4 heteroatoms. The molecule has 0 saturated carbocycles. The maximum absolute atomic E-state index is 12.0. The van der Waals surface area contributed by atoms with Gasteiger partial charge in [0.25, 0.3) is 0 Å². The lowest BCUT2D eigenvalue weighted by atomic mass is 10.0. The predicted molar refractivity (Wildman–Crippen MR) is 123 cm³/mol. The van der Waals surface area contributed by atoms with Crippen LogP contribution in [-0.2, 0) is 11.2 Å². The van der Waals surface area contributed by atoms with E-state index < -0.39 is 0 Å². The monoisotopic (exact) mass is 410 g/mol. The third kappa shape index (κ3) is 9.06. The Morgan fingerprint density at radius 1 is 0.933 bits per heavy atom. The normalized spacial score (nSPS) is 12.0. The Morgan fingerprint density at radius 2 is 1.57 bits per heavy atom. The fraction of sp³-hybridized carbons (Fsp3) is 0.577. The summed E-state index contributed by atoms with van der Waals surface area (Å²) in [5.41, 5.74) is 2.12. The van der Waals surface area contributed by atoms with Crippen molar-refractivity contribution in [1.82, 2.24) is 9.97 Å². The third-order valence-corrected chi connectivity index (χ3v) is 5.66. The second kappa shape index (κ2) is 13.9. The van der Waals surface area contributed by atoms with E-state index >= 15 is 0 Å². The average Bonchev–Trinajstić information content (AvgIpc) is 2.78. The minimum Gasteiger partial charge on any atom is -0.427 e. The fourth-order valence-electron chi connectivity index (χ4n) is 3.34. The lowest BCUT2D eigenvalue weighted by Gasteiger charge is -2.08. The lowest BCUT2D eigenvalue weighted by molar-refractivity contribution is -0.134. The summed E-state index contributed by atoms with van der Waals surface area (Å²) in [6, 6.07) is 7.43. The zero-order valence-electron chi connectivity index (χ0n) is 19.0. The van der Waals surface area contributed by atoms with Crippen molar-refractivity contribution in [3.8, 4) is 17.1 Å². The van der Waals surface area contributed by atoms with Gasteiger partial charge < -0.3 is 4.74 Å². The number of hydrogen-bond donors (Lipinski definition) is 0. The van der Waals surface area contributed by atoms with Gasteiger partial charge in [0.1, 0.15) is 5.75 Å². The van der Waals surface area contributed by atoms with Gasteiger partial charge in [0.05, 0.1) is 0 Å². The van der Waals surface area contributed by atoms with Gasteiger partial charge in [0.15, 0.2) is 5.82 Å². The molecule has 0 amide bonds. The number of esters is 1. The number of aryl methyl sites for hydroxylation is 1. The van der Waals surface area contributed by atoms with Crippen LogP contribution in [0.2, 0.25) is 0 Å². The van der Waals surface area contributed by atoms with Crippen LogP contribution in [0.4, 0.5) is 0 Å². The minimum atomic E-state index is -0.172.